The van der Waals surface area contributed by atoms with Gasteiger partial charge in [0, 0.05) is 12.5 Å². The second kappa shape index (κ2) is 8.46. The Balaban J connectivity index is 1.34. The number of carbonyl (C=O) groups excluding carboxylic acids is 1. The fourth-order valence-electron chi connectivity index (χ4n) is 3.57. The molecule has 160 valence electrons. The van der Waals surface area contributed by atoms with Gasteiger partial charge in [0.2, 0.25) is 0 Å². The van der Waals surface area contributed by atoms with Gasteiger partial charge in [0.15, 0.2) is 6.61 Å². The molecule has 4 aromatic rings. The van der Waals surface area contributed by atoms with Crippen LogP contribution in [0.3, 0.4) is 0 Å². The van der Waals surface area contributed by atoms with E-state index in [0.717, 1.165) is 17.0 Å². The van der Waals surface area contributed by atoms with E-state index in [0.29, 0.717) is 17.9 Å². The first kappa shape index (κ1) is 19.7. The third kappa shape index (κ3) is 4.00. The van der Waals surface area contributed by atoms with Crippen molar-refractivity contribution in [2.75, 3.05) is 6.61 Å². The lowest BCUT2D eigenvalue weighted by Crippen LogP contribution is -2.31. The Hall–Kier alpha value is -4.27. The van der Waals surface area contributed by atoms with Crippen LogP contribution in [0.1, 0.15) is 29.3 Å². The van der Waals surface area contributed by atoms with Crippen LogP contribution in [-0.2, 0) is 4.79 Å². The Morgan fingerprint density at radius 2 is 2.03 bits per heavy atom. The maximum absolute atomic E-state index is 13.1. The van der Waals surface area contributed by atoms with Gasteiger partial charge in [0.1, 0.15) is 23.9 Å². The average molecular weight is 428 g/mol. The lowest BCUT2D eigenvalue weighted by atomic mass is 10.0. The number of tetrazole rings is 1. The molecule has 0 bridgehead atoms. The Morgan fingerprint density at radius 3 is 2.78 bits per heavy atom. The average Bonchev–Trinajstić information content (AvgIpc) is 3.59. The first-order valence-corrected chi connectivity index (χ1v) is 10.1. The van der Waals surface area contributed by atoms with Crippen LogP contribution < -0.4 is 4.74 Å². The summed E-state index contributed by atoms with van der Waals surface area (Å²) in [6.45, 7) is 1.87. The first-order valence-electron chi connectivity index (χ1n) is 10.1. The zero-order valence-corrected chi connectivity index (χ0v) is 17.3. The Kier molecular flexibility index (Phi) is 5.20. The van der Waals surface area contributed by atoms with E-state index in [2.05, 4.69) is 20.6 Å². The molecule has 3 heterocycles. The maximum Gasteiger partial charge on any atom is 0.281 e. The van der Waals surface area contributed by atoms with Gasteiger partial charge in [-0.2, -0.15) is 5.10 Å². The van der Waals surface area contributed by atoms with Gasteiger partial charge in [-0.15, -0.1) is 5.10 Å². The van der Waals surface area contributed by atoms with Crippen LogP contribution in [0, 0.1) is 6.92 Å². The van der Waals surface area contributed by atoms with Gasteiger partial charge < -0.3 is 9.15 Å². The van der Waals surface area contributed by atoms with Crippen LogP contribution in [-0.4, -0.2) is 43.4 Å². The molecule has 0 radical (unpaired) electrons. The molecule has 32 heavy (non-hydrogen) atoms. The van der Waals surface area contributed by atoms with E-state index in [-0.39, 0.29) is 18.6 Å². The second-order valence-electron chi connectivity index (χ2n) is 7.43. The largest absolute Gasteiger partial charge is 0.484 e. The molecule has 1 atom stereocenters. The molecular formula is C23H20N6O3. The number of amides is 1. The van der Waals surface area contributed by atoms with E-state index >= 15 is 0 Å². The number of hydrogen-bond donors (Lipinski definition) is 0. The minimum atomic E-state index is -0.315. The zero-order valence-electron chi connectivity index (χ0n) is 17.3. The molecule has 9 heteroatoms. The molecule has 2 aromatic heterocycles. The summed E-state index contributed by atoms with van der Waals surface area (Å²) < 4.78 is 12.9. The summed E-state index contributed by atoms with van der Waals surface area (Å²) in [7, 11) is 0. The van der Waals surface area contributed by atoms with Crippen LogP contribution in [0.2, 0.25) is 0 Å². The SMILES string of the molecule is Cc1ccc(C2=NN(C(=O)COc3cccc(-n4cnnn4)c3)C(c3ccco3)C2)cc1. The molecular weight excluding hydrogens is 408 g/mol. The van der Waals surface area contributed by atoms with Crippen molar-refractivity contribution in [3.8, 4) is 11.4 Å². The van der Waals surface area contributed by atoms with Crippen molar-refractivity contribution < 1.29 is 13.9 Å². The molecule has 1 aliphatic rings. The summed E-state index contributed by atoms with van der Waals surface area (Å²) in [6.07, 6.45) is 3.66. The summed E-state index contributed by atoms with van der Waals surface area (Å²) >= 11 is 0. The molecule has 1 unspecified atom stereocenters. The van der Waals surface area contributed by atoms with Crippen LogP contribution in [0.5, 0.6) is 5.75 Å². The molecule has 0 aliphatic carbocycles. The molecule has 0 fully saturated rings. The first-order chi connectivity index (χ1) is 15.7. The van der Waals surface area contributed by atoms with Crippen molar-refractivity contribution in [2.24, 2.45) is 5.10 Å². The number of hydrogen-bond acceptors (Lipinski definition) is 7. The predicted molar refractivity (Wildman–Crippen MR) is 115 cm³/mol. The van der Waals surface area contributed by atoms with Gasteiger partial charge >= 0.3 is 0 Å². The van der Waals surface area contributed by atoms with Crippen molar-refractivity contribution in [1.29, 1.82) is 0 Å². The third-order valence-electron chi connectivity index (χ3n) is 5.22. The van der Waals surface area contributed by atoms with Gasteiger partial charge in [-0.1, -0.05) is 35.9 Å². The highest BCUT2D eigenvalue weighted by Crippen LogP contribution is 2.33. The molecule has 5 rings (SSSR count). The van der Waals surface area contributed by atoms with Gasteiger partial charge in [-0.25, -0.2) is 9.69 Å². The quantitative estimate of drug-likeness (QED) is 0.467. The molecule has 0 N–H and O–H groups in total. The van der Waals surface area contributed by atoms with Gasteiger partial charge in [-0.05, 0) is 47.2 Å². The number of furan rings is 1. The predicted octanol–water partition coefficient (Wildman–Crippen LogP) is 3.32. The summed E-state index contributed by atoms with van der Waals surface area (Å²) in [5.74, 6) is 0.953. The molecule has 0 saturated heterocycles. The minimum absolute atomic E-state index is 0.166. The van der Waals surface area contributed by atoms with Crippen molar-refractivity contribution in [3.05, 3.63) is 90.1 Å². The van der Waals surface area contributed by atoms with Crippen LogP contribution in [0.25, 0.3) is 5.69 Å². The second-order valence-corrected chi connectivity index (χ2v) is 7.43. The van der Waals surface area contributed by atoms with Crippen molar-refractivity contribution >= 4 is 11.6 Å². The van der Waals surface area contributed by atoms with Crippen molar-refractivity contribution in [1.82, 2.24) is 25.2 Å². The van der Waals surface area contributed by atoms with Crippen LogP contribution in [0.4, 0.5) is 0 Å². The van der Waals surface area contributed by atoms with Gasteiger partial charge in [0.05, 0.1) is 17.7 Å². The third-order valence-corrected chi connectivity index (χ3v) is 5.22. The van der Waals surface area contributed by atoms with Crippen LogP contribution >= 0.6 is 0 Å². The molecule has 2 aromatic carbocycles. The van der Waals surface area contributed by atoms with Gasteiger partial charge in [-0.3, -0.25) is 4.79 Å². The number of carbonyl (C=O) groups is 1. The zero-order chi connectivity index (χ0) is 21.9. The number of hydrazone groups is 1. The summed E-state index contributed by atoms with van der Waals surface area (Å²) in [6, 6.07) is 18.6. The highest BCUT2D eigenvalue weighted by molar-refractivity contribution is 6.03. The number of rotatable bonds is 6. The minimum Gasteiger partial charge on any atom is -0.484 e. The maximum atomic E-state index is 13.1. The standard InChI is InChI=1S/C23H20N6O3/c1-16-7-9-17(10-8-16)20-13-21(22-6-3-11-31-22)29(25-20)23(30)14-32-19-5-2-4-18(12-19)28-15-24-26-27-28/h2-12,15,21H,13-14H2,1H3. The Morgan fingerprint density at radius 1 is 1.16 bits per heavy atom. The van der Waals surface area contributed by atoms with E-state index in [4.69, 9.17) is 9.15 Å². The number of aryl methyl sites for hydroxylation is 1. The smallest absolute Gasteiger partial charge is 0.281 e. The van der Waals surface area contributed by atoms with Gasteiger partial charge in [0.25, 0.3) is 5.91 Å². The molecule has 1 aliphatic heterocycles. The molecule has 9 nitrogen and oxygen atoms in total. The molecule has 0 saturated carbocycles. The van der Waals surface area contributed by atoms with E-state index in [1.165, 1.54) is 21.6 Å². The van der Waals surface area contributed by atoms with E-state index < -0.39 is 0 Å². The number of aromatic nitrogens is 4. The van der Waals surface area contributed by atoms with E-state index in [1.807, 2.05) is 55.5 Å². The summed E-state index contributed by atoms with van der Waals surface area (Å²) in [5.41, 5.74) is 3.72. The van der Waals surface area contributed by atoms with E-state index in [1.54, 1.807) is 18.4 Å². The van der Waals surface area contributed by atoms with E-state index in [9.17, 15) is 4.79 Å². The number of nitrogens with zero attached hydrogens (tertiary/aromatic N) is 6. The number of benzene rings is 2. The lowest BCUT2D eigenvalue weighted by Gasteiger charge is -2.20. The Labute approximate surface area is 183 Å². The van der Waals surface area contributed by atoms with Crippen molar-refractivity contribution in [3.63, 3.8) is 0 Å². The fraction of sp³-hybridized carbons (Fsp3) is 0.174. The normalized spacial score (nSPS) is 15.6. The molecule has 1 amide bonds. The summed E-state index contributed by atoms with van der Waals surface area (Å²) in [4.78, 5) is 13.1. The molecule has 0 spiro atoms. The van der Waals surface area contributed by atoms with Crippen LogP contribution in [0.15, 0.2) is 82.8 Å². The number of ether oxygens (including phenoxy) is 1. The fourth-order valence-corrected chi connectivity index (χ4v) is 3.57. The Bertz CT molecular complexity index is 1230. The highest BCUT2D eigenvalue weighted by atomic mass is 16.5. The lowest BCUT2D eigenvalue weighted by molar-refractivity contribution is -0.135. The monoisotopic (exact) mass is 428 g/mol. The van der Waals surface area contributed by atoms with Crippen molar-refractivity contribution in [2.45, 2.75) is 19.4 Å². The highest BCUT2D eigenvalue weighted by Gasteiger charge is 2.35. The topological polar surface area (TPSA) is 98.6 Å². The summed E-state index contributed by atoms with van der Waals surface area (Å²) in [5, 5.41) is 17.2.